The van der Waals surface area contributed by atoms with E-state index < -0.39 is 0 Å². The highest BCUT2D eigenvalue weighted by Crippen LogP contribution is 2.21. The van der Waals surface area contributed by atoms with Gasteiger partial charge in [0.2, 0.25) is 0 Å². The molecule has 0 saturated heterocycles. The van der Waals surface area contributed by atoms with Crippen molar-refractivity contribution in [1.29, 1.82) is 0 Å². The van der Waals surface area contributed by atoms with Crippen molar-refractivity contribution in [2.24, 2.45) is 11.8 Å². The van der Waals surface area contributed by atoms with Crippen molar-refractivity contribution in [2.75, 3.05) is 26.8 Å². The molecular formula is C35H63NO3. The summed E-state index contributed by atoms with van der Waals surface area (Å²) in [5.41, 5.74) is 8.26. The number of aliphatic hydroxyl groups excluding tert-OH is 1. The lowest BCUT2D eigenvalue weighted by Crippen LogP contribution is -2.31. The molecule has 0 heterocycles. The first-order valence-corrected chi connectivity index (χ1v) is 16.3. The molecule has 0 bridgehead atoms. The monoisotopic (exact) mass is 545 g/mol. The summed E-state index contributed by atoms with van der Waals surface area (Å²) >= 11 is 0. The van der Waals surface area contributed by atoms with Gasteiger partial charge in [-0.1, -0.05) is 102 Å². The minimum Gasteiger partial charge on any atom is -0.466 e. The first kappa shape index (κ1) is 37.5. The molecule has 0 rings (SSSR count). The molecule has 2 atom stereocenters. The second-order valence-corrected chi connectivity index (χ2v) is 11.7. The molecule has 0 amide bonds. The van der Waals surface area contributed by atoms with Gasteiger partial charge in [0.25, 0.3) is 0 Å². The van der Waals surface area contributed by atoms with Crippen LogP contribution in [0.1, 0.15) is 143 Å². The highest BCUT2D eigenvalue weighted by Gasteiger charge is 2.14. The predicted octanol–water partition coefficient (Wildman–Crippen LogP) is 9.18. The van der Waals surface area contributed by atoms with Crippen molar-refractivity contribution in [3.05, 3.63) is 29.8 Å². The Kier molecular flexibility index (Phi) is 26.9. The van der Waals surface area contributed by atoms with Gasteiger partial charge in [-0.15, -0.1) is 0 Å². The Balaban J connectivity index is 4.14. The normalized spacial score (nSPS) is 12.6. The molecule has 0 aliphatic carbocycles. The summed E-state index contributed by atoms with van der Waals surface area (Å²) < 4.78 is 5.54. The smallest absolute Gasteiger partial charge is 0.306 e. The number of rotatable bonds is 27. The third-order valence-electron chi connectivity index (χ3n) is 7.80. The standard InChI is InChI=1S/C35H63NO3/c1-6-8-18-24-33(25-19-9-7-2)30-35(38)39-29-23-17-13-15-21-27-34(31-36(5)32(3)4)26-20-14-11-10-12-16-22-28-37/h24,32-34,37H,1,7,9-17,19-23,25-31H2,2-5H3. The lowest BCUT2D eigenvalue weighted by Gasteiger charge is -2.27. The predicted molar refractivity (Wildman–Crippen MR) is 167 cm³/mol. The molecule has 0 spiro atoms. The van der Waals surface area contributed by atoms with Crippen molar-refractivity contribution in [2.45, 2.75) is 149 Å². The van der Waals surface area contributed by atoms with Crippen LogP contribution in [0.5, 0.6) is 0 Å². The maximum atomic E-state index is 12.3. The van der Waals surface area contributed by atoms with Gasteiger partial charge in [0, 0.05) is 19.2 Å². The molecular weight excluding hydrogens is 482 g/mol. The lowest BCUT2D eigenvalue weighted by molar-refractivity contribution is -0.144. The van der Waals surface area contributed by atoms with E-state index in [4.69, 9.17) is 9.84 Å². The minimum atomic E-state index is -0.0978. The number of hydrogen-bond donors (Lipinski definition) is 1. The molecule has 0 aromatic rings. The summed E-state index contributed by atoms with van der Waals surface area (Å²) in [4.78, 5) is 14.8. The van der Waals surface area contributed by atoms with Crippen LogP contribution in [0.25, 0.3) is 0 Å². The van der Waals surface area contributed by atoms with E-state index in [0.29, 0.717) is 25.7 Å². The maximum Gasteiger partial charge on any atom is 0.306 e. The van der Waals surface area contributed by atoms with Crippen molar-refractivity contribution in [1.82, 2.24) is 4.90 Å². The summed E-state index contributed by atoms with van der Waals surface area (Å²) in [6, 6.07) is 0.602. The molecule has 226 valence electrons. The molecule has 2 unspecified atom stereocenters. The van der Waals surface area contributed by atoms with Crippen LogP contribution in [0.15, 0.2) is 29.8 Å². The van der Waals surface area contributed by atoms with Crippen molar-refractivity contribution in [3.63, 3.8) is 0 Å². The summed E-state index contributed by atoms with van der Waals surface area (Å²) in [5.74, 6) is 0.854. The van der Waals surface area contributed by atoms with Crippen LogP contribution in [-0.4, -0.2) is 48.8 Å². The Hall–Kier alpha value is -1.53. The summed E-state index contributed by atoms with van der Waals surface area (Å²) in [5, 5.41) is 8.89. The van der Waals surface area contributed by atoms with E-state index >= 15 is 0 Å². The Labute approximate surface area is 242 Å². The van der Waals surface area contributed by atoms with Crippen LogP contribution in [0.3, 0.4) is 0 Å². The van der Waals surface area contributed by atoms with E-state index in [0.717, 1.165) is 38.0 Å². The number of carbonyl (C=O) groups excluding carboxylic acids is 1. The van der Waals surface area contributed by atoms with E-state index in [9.17, 15) is 4.79 Å². The zero-order valence-electron chi connectivity index (χ0n) is 26.3. The molecule has 39 heavy (non-hydrogen) atoms. The molecule has 0 aromatic heterocycles. The first-order valence-electron chi connectivity index (χ1n) is 16.3. The number of ether oxygens (including phenoxy) is 1. The van der Waals surface area contributed by atoms with Crippen molar-refractivity contribution < 1.29 is 14.6 Å². The number of unbranched alkanes of at least 4 members (excludes halogenated alkanes) is 12. The SMILES string of the molecule is C=C=C=C=CC(CCCCC)CC(=O)OCCCCCCCC(CCCCCCCCCO)CN(C)C(C)C. The van der Waals surface area contributed by atoms with Gasteiger partial charge >= 0.3 is 5.97 Å². The van der Waals surface area contributed by atoms with Crippen LogP contribution in [0, 0.1) is 11.8 Å². The molecule has 0 radical (unpaired) electrons. The molecule has 0 aromatic carbocycles. The number of aliphatic hydroxyl groups is 1. The minimum absolute atomic E-state index is 0.0978. The molecule has 4 heteroatoms. The fourth-order valence-corrected chi connectivity index (χ4v) is 5.01. The van der Waals surface area contributed by atoms with Gasteiger partial charge in [0.1, 0.15) is 0 Å². The Bertz CT molecular complexity index is 684. The molecule has 0 aliphatic heterocycles. The topological polar surface area (TPSA) is 49.8 Å². The van der Waals surface area contributed by atoms with Gasteiger partial charge in [-0.3, -0.25) is 4.79 Å². The first-order chi connectivity index (χ1) is 18.9. The third-order valence-corrected chi connectivity index (χ3v) is 7.80. The van der Waals surface area contributed by atoms with Gasteiger partial charge in [0.15, 0.2) is 0 Å². The largest absolute Gasteiger partial charge is 0.466 e. The van der Waals surface area contributed by atoms with Crippen LogP contribution in [0.4, 0.5) is 0 Å². The summed E-state index contributed by atoms with van der Waals surface area (Å²) in [7, 11) is 2.26. The number of carbonyl (C=O) groups is 1. The van der Waals surface area contributed by atoms with Crippen LogP contribution >= 0.6 is 0 Å². The Morgan fingerprint density at radius 3 is 2.00 bits per heavy atom. The summed E-state index contributed by atoms with van der Waals surface area (Å²) in [6.07, 6.45) is 24.1. The van der Waals surface area contributed by atoms with E-state index in [2.05, 4.69) is 56.5 Å². The quantitative estimate of drug-likeness (QED) is 0.0635. The Morgan fingerprint density at radius 2 is 1.44 bits per heavy atom. The fourth-order valence-electron chi connectivity index (χ4n) is 5.01. The maximum absolute atomic E-state index is 12.3. The van der Waals surface area contributed by atoms with E-state index in [1.165, 1.54) is 90.0 Å². The molecule has 4 nitrogen and oxygen atoms in total. The van der Waals surface area contributed by atoms with Gasteiger partial charge in [-0.05, 0) is 83.2 Å². The third kappa shape index (κ3) is 25.2. The Morgan fingerprint density at radius 1 is 0.872 bits per heavy atom. The number of nitrogens with zero attached hydrogens (tertiary/aromatic N) is 1. The zero-order chi connectivity index (χ0) is 29.0. The fraction of sp³-hybridized carbons (Fsp3) is 0.829. The molecule has 1 N–H and O–H groups in total. The second kappa shape index (κ2) is 28.0. The number of hydrogen-bond acceptors (Lipinski definition) is 4. The average molecular weight is 546 g/mol. The van der Waals surface area contributed by atoms with Gasteiger partial charge in [-0.2, -0.15) is 0 Å². The van der Waals surface area contributed by atoms with Gasteiger partial charge in [0.05, 0.1) is 13.0 Å². The average Bonchev–Trinajstić information content (AvgIpc) is 2.91. The van der Waals surface area contributed by atoms with Crippen LogP contribution in [0.2, 0.25) is 0 Å². The van der Waals surface area contributed by atoms with Crippen molar-refractivity contribution >= 4 is 5.97 Å². The highest BCUT2D eigenvalue weighted by molar-refractivity contribution is 5.69. The van der Waals surface area contributed by atoms with E-state index in [1.54, 1.807) is 0 Å². The van der Waals surface area contributed by atoms with Crippen LogP contribution in [-0.2, 0) is 9.53 Å². The van der Waals surface area contributed by atoms with Gasteiger partial charge < -0.3 is 14.7 Å². The molecule has 0 saturated carbocycles. The highest BCUT2D eigenvalue weighted by atomic mass is 16.5. The number of esters is 1. The zero-order valence-corrected chi connectivity index (χ0v) is 26.3. The van der Waals surface area contributed by atoms with E-state index in [1.807, 2.05) is 6.08 Å². The number of allylic oxidation sites excluding steroid dienone is 1. The van der Waals surface area contributed by atoms with E-state index in [-0.39, 0.29) is 11.9 Å². The van der Waals surface area contributed by atoms with Crippen molar-refractivity contribution in [3.8, 4) is 0 Å². The van der Waals surface area contributed by atoms with Crippen LogP contribution < -0.4 is 0 Å². The second-order valence-electron chi connectivity index (χ2n) is 11.7. The molecule has 0 aliphatic rings. The lowest BCUT2D eigenvalue weighted by atomic mass is 9.93. The van der Waals surface area contributed by atoms with Gasteiger partial charge in [-0.25, -0.2) is 0 Å². The summed E-state index contributed by atoms with van der Waals surface area (Å²) in [6.45, 7) is 12.4. The molecule has 0 fully saturated rings.